The second kappa shape index (κ2) is 4.13. The van der Waals surface area contributed by atoms with E-state index in [1.165, 1.54) is 6.20 Å². The molecule has 1 aromatic heterocycles. The smallest absolute Gasteiger partial charge is 0.328 e. The minimum Gasteiger partial charge on any atom is -0.454 e. The summed E-state index contributed by atoms with van der Waals surface area (Å²) < 4.78 is 16.3. The number of ether oxygens (including phenoxy) is 1. The van der Waals surface area contributed by atoms with Crippen LogP contribution < -0.4 is 4.74 Å². The van der Waals surface area contributed by atoms with Crippen LogP contribution >= 0.6 is 15.9 Å². The summed E-state index contributed by atoms with van der Waals surface area (Å²) in [6, 6.07) is 0. The average molecular weight is 251 g/mol. The number of pyridine rings is 1. The first-order valence-electron chi connectivity index (χ1n) is 3.13. The van der Waals surface area contributed by atoms with Gasteiger partial charge in [0.15, 0.2) is 0 Å². The van der Waals surface area contributed by atoms with Gasteiger partial charge in [0.1, 0.15) is 4.47 Å². The molecule has 0 radical (unpaired) electrons. The Hall–Kier alpha value is -1.24. The molecule has 7 heteroatoms. The van der Waals surface area contributed by atoms with Crippen molar-refractivity contribution in [2.45, 2.75) is 0 Å². The predicted octanol–water partition coefficient (Wildman–Crippen LogP) is 2.06. The van der Waals surface area contributed by atoms with E-state index in [-0.39, 0.29) is 15.9 Å². The lowest BCUT2D eigenvalue weighted by molar-refractivity contribution is -0.386. The van der Waals surface area contributed by atoms with Gasteiger partial charge in [0, 0.05) is 6.20 Å². The van der Waals surface area contributed by atoms with Gasteiger partial charge in [0.25, 0.3) is 0 Å². The summed E-state index contributed by atoms with van der Waals surface area (Å²) in [6.07, 6.45) is 2.33. The summed E-state index contributed by atoms with van der Waals surface area (Å²) in [5.74, 6) is -0.193. The van der Waals surface area contributed by atoms with Gasteiger partial charge in [-0.05, 0) is 15.9 Å². The predicted molar refractivity (Wildman–Crippen MR) is 45.2 cm³/mol. The van der Waals surface area contributed by atoms with E-state index in [0.717, 1.165) is 6.20 Å². The van der Waals surface area contributed by atoms with Crippen molar-refractivity contribution < 1.29 is 14.1 Å². The van der Waals surface area contributed by atoms with Crippen molar-refractivity contribution in [1.29, 1.82) is 0 Å². The molecule has 0 amide bonds. The van der Waals surface area contributed by atoms with E-state index in [4.69, 9.17) is 0 Å². The molecular weight excluding hydrogens is 247 g/mol. The molecule has 13 heavy (non-hydrogen) atoms. The van der Waals surface area contributed by atoms with Gasteiger partial charge >= 0.3 is 5.69 Å². The Labute approximate surface area is 80.8 Å². The third-order valence-electron chi connectivity index (χ3n) is 1.23. The number of alkyl halides is 1. The van der Waals surface area contributed by atoms with Crippen LogP contribution in [0, 0.1) is 10.1 Å². The zero-order valence-corrected chi connectivity index (χ0v) is 7.82. The van der Waals surface area contributed by atoms with Crippen LogP contribution in [-0.2, 0) is 0 Å². The maximum Gasteiger partial charge on any atom is 0.328 e. The van der Waals surface area contributed by atoms with Gasteiger partial charge in [0.05, 0.1) is 11.1 Å². The number of halogens is 2. The van der Waals surface area contributed by atoms with Crippen LogP contribution in [0.2, 0.25) is 0 Å². The zero-order valence-electron chi connectivity index (χ0n) is 6.24. The van der Waals surface area contributed by atoms with Crippen LogP contribution in [0.5, 0.6) is 5.75 Å². The Balaban J connectivity index is 3.17. The fourth-order valence-corrected chi connectivity index (χ4v) is 1.21. The monoisotopic (exact) mass is 250 g/mol. The first kappa shape index (κ1) is 9.85. The van der Waals surface area contributed by atoms with Crippen LogP contribution in [-0.4, -0.2) is 16.8 Å². The van der Waals surface area contributed by atoms with Crippen LogP contribution in [0.25, 0.3) is 0 Å². The lowest BCUT2D eigenvalue weighted by Crippen LogP contribution is -1.98. The van der Waals surface area contributed by atoms with Crippen LogP contribution in [0.3, 0.4) is 0 Å². The standard InChI is InChI=1S/C6H4BrFN2O3/c7-4-1-9-2-5(13-3-8)6(4)10(11)12/h1-2H,3H2. The molecule has 0 aliphatic carbocycles. The number of nitro groups is 1. The highest BCUT2D eigenvalue weighted by Crippen LogP contribution is 2.33. The zero-order chi connectivity index (χ0) is 9.84. The molecule has 0 atom stereocenters. The number of hydrogen-bond donors (Lipinski definition) is 0. The largest absolute Gasteiger partial charge is 0.454 e. The minimum atomic E-state index is -1.13. The van der Waals surface area contributed by atoms with Crippen molar-refractivity contribution in [3.8, 4) is 5.75 Å². The molecule has 1 aromatic rings. The second-order valence-electron chi connectivity index (χ2n) is 1.98. The van der Waals surface area contributed by atoms with Crippen molar-refractivity contribution in [1.82, 2.24) is 4.98 Å². The maximum atomic E-state index is 11.8. The number of rotatable bonds is 3. The number of hydrogen-bond acceptors (Lipinski definition) is 4. The van der Waals surface area contributed by atoms with E-state index in [1.54, 1.807) is 0 Å². The normalized spacial score (nSPS) is 9.69. The quantitative estimate of drug-likeness (QED) is 0.609. The molecule has 0 saturated carbocycles. The molecule has 1 heterocycles. The Kier molecular flexibility index (Phi) is 3.13. The van der Waals surface area contributed by atoms with E-state index in [9.17, 15) is 14.5 Å². The lowest BCUT2D eigenvalue weighted by Gasteiger charge is -2.01. The summed E-state index contributed by atoms with van der Waals surface area (Å²) in [4.78, 5) is 13.4. The summed E-state index contributed by atoms with van der Waals surface area (Å²) >= 11 is 2.91. The van der Waals surface area contributed by atoms with Crippen molar-refractivity contribution in [2.24, 2.45) is 0 Å². The van der Waals surface area contributed by atoms with Crippen molar-refractivity contribution >= 4 is 21.6 Å². The molecule has 0 N–H and O–H groups in total. The van der Waals surface area contributed by atoms with Gasteiger partial charge in [-0.3, -0.25) is 15.1 Å². The topological polar surface area (TPSA) is 65.3 Å². The minimum absolute atomic E-state index is 0.156. The summed E-state index contributed by atoms with van der Waals surface area (Å²) in [6.45, 7) is -1.13. The molecule has 5 nitrogen and oxygen atoms in total. The molecule has 0 aromatic carbocycles. The molecular formula is C6H4BrFN2O3. The molecule has 0 aliphatic heterocycles. The lowest BCUT2D eigenvalue weighted by atomic mass is 10.4. The van der Waals surface area contributed by atoms with Gasteiger partial charge < -0.3 is 4.74 Å². The summed E-state index contributed by atoms with van der Waals surface area (Å²) in [7, 11) is 0. The Bertz CT molecular complexity index is 334. The Morgan fingerprint density at radius 2 is 2.38 bits per heavy atom. The average Bonchev–Trinajstić information content (AvgIpc) is 2.04. The van der Waals surface area contributed by atoms with E-state index < -0.39 is 11.8 Å². The summed E-state index contributed by atoms with van der Waals surface area (Å²) in [5, 5.41) is 10.5. The SMILES string of the molecule is O=[N+]([O-])c1c(Br)cncc1OCF. The van der Waals surface area contributed by atoms with Gasteiger partial charge in [-0.1, -0.05) is 0 Å². The molecule has 0 bridgehead atoms. The molecule has 0 unspecified atom stereocenters. The Morgan fingerprint density at radius 1 is 1.69 bits per heavy atom. The fraction of sp³-hybridized carbons (Fsp3) is 0.167. The van der Waals surface area contributed by atoms with Crippen molar-refractivity contribution in [2.75, 3.05) is 6.86 Å². The van der Waals surface area contributed by atoms with Crippen molar-refractivity contribution in [3.63, 3.8) is 0 Å². The third kappa shape index (κ3) is 2.11. The highest BCUT2D eigenvalue weighted by atomic mass is 79.9. The van der Waals surface area contributed by atoms with Gasteiger partial charge in [-0.25, -0.2) is 4.39 Å². The summed E-state index contributed by atoms with van der Waals surface area (Å²) in [5.41, 5.74) is -0.326. The van der Waals surface area contributed by atoms with E-state index in [0.29, 0.717) is 0 Å². The van der Waals surface area contributed by atoms with Gasteiger partial charge in [-0.15, -0.1) is 0 Å². The number of aromatic nitrogens is 1. The highest BCUT2D eigenvalue weighted by molar-refractivity contribution is 9.10. The molecule has 0 aliphatic rings. The first-order chi connectivity index (χ1) is 6.16. The second-order valence-corrected chi connectivity index (χ2v) is 2.83. The third-order valence-corrected chi connectivity index (χ3v) is 1.81. The molecule has 0 fully saturated rings. The molecule has 0 saturated heterocycles. The maximum absolute atomic E-state index is 11.8. The number of nitrogens with zero attached hydrogens (tertiary/aromatic N) is 2. The van der Waals surface area contributed by atoms with Crippen LogP contribution in [0.4, 0.5) is 10.1 Å². The molecule has 1 rings (SSSR count). The van der Waals surface area contributed by atoms with Crippen molar-refractivity contribution in [3.05, 3.63) is 27.0 Å². The van der Waals surface area contributed by atoms with Gasteiger partial charge in [-0.2, -0.15) is 0 Å². The van der Waals surface area contributed by atoms with Crippen LogP contribution in [0.1, 0.15) is 0 Å². The fourth-order valence-electron chi connectivity index (χ4n) is 0.752. The first-order valence-corrected chi connectivity index (χ1v) is 3.92. The highest BCUT2D eigenvalue weighted by Gasteiger charge is 2.19. The molecule has 0 spiro atoms. The Morgan fingerprint density at radius 3 is 2.92 bits per heavy atom. The van der Waals surface area contributed by atoms with E-state index >= 15 is 0 Å². The van der Waals surface area contributed by atoms with Gasteiger partial charge in [0.2, 0.25) is 12.6 Å². The van der Waals surface area contributed by atoms with Crippen LogP contribution in [0.15, 0.2) is 16.9 Å². The van der Waals surface area contributed by atoms with E-state index in [1.807, 2.05) is 0 Å². The molecule has 70 valence electrons. The van der Waals surface area contributed by atoms with E-state index in [2.05, 4.69) is 25.7 Å².